The molecular weight excluding hydrogens is 601 g/mol. The average Bonchev–Trinajstić information content (AvgIpc) is 3.57. The molecule has 0 bridgehead atoms. The van der Waals surface area contributed by atoms with Crippen LogP contribution in [0.15, 0.2) is 78.7 Å². The van der Waals surface area contributed by atoms with Gasteiger partial charge >= 0.3 is 240 Å². The average molecular weight is 634 g/mol. The fraction of sp³-hybridized carbons (Fsp3) is 0.250. The summed E-state index contributed by atoms with van der Waals surface area (Å²) in [4.78, 5) is 37.0. The van der Waals surface area contributed by atoms with Gasteiger partial charge in [-0.1, -0.05) is 0 Å². The van der Waals surface area contributed by atoms with Gasteiger partial charge < -0.3 is 0 Å². The van der Waals surface area contributed by atoms with Crippen molar-refractivity contribution in [3.05, 3.63) is 83.2 Å². The van der Waals surface area contributed by atoms with Crippen molar-refractivity contribution in [2.45, 2.75) is 13.0 Å². The number of carboxylic acids is 1. The Morgan fingerprint density at radius 3 is 2.07 bits per heavy atom. The Labute approximate surface area is 249 Å². The molecular formula is C32H32N3O6Se+. The van der Waals surface area contributed by atoms with Crippen molar-refractivity contribution < 1.29 is 33.5 Å². The first-order valence-electron chi connectivity index (χ1n) is 13.8. The Morgan fingerprint density at radius 1 is 0.857 bits per heavy atom. The van der Waals surface area contributed by atoms with Crippen molar-refractivity contribution >= 4 is 70.8 Å². The molecule has 0 aliphatic carbocycles. The fourth-order valence-corrected chi connectivity index (χ4v) is 8.01. The van der Waals surface area contributed by atoms with Crippen LogP contribution < -0.4 is 4.57 Å². The maximum absolute atomic E-state index is 11.6. The molecule has 0 atom stereocenters. The van der Waals surface area contributed by atoms with Crippen molar-refractivity contribution in [2.75, 3.05) is 39.4 Å². The number of fused-ring (bicyclic) bond motifs is 6. The molecule has 9 nitrogen and oxygen atoms in total. The second kappa shape index (κ2) is 14.0. The molecule has 0 spiro atoms. The molecule has 1 N–H and O–H groups in total. The molecule has 0 saturated carbocycles. The van der Waals surface area contributed by atoms with Crippen LogP contribution in [-0.4, -0.2) is 87.7 Å². The summed E-state index contributed by atoms with van der Waals surface area (Å²) < 4.78 is 14.4. The first kappa shape index (κ1) is 29.1. The number of aliphatic carboxylic acids is 1. The minimum absolute atomic E-state index is 0.00348. The van der Waals surface area contributed by atoms with Gasteiger partial charge in [-0.15, -0.1) is 0 Å². The fourth-order valence-electron chi connectivity index (χ4n) is 5.38. The molecule has 42 heavy (non-hydrogen) atoms. The van der Waals surface area contributed by atoms with E-state index in [-0.39, 0.29) is 20.9 Å². The molecule has 1 aliphatic heterocycles. The number of carbonyl (C=O) groups excluding carboxylic acids is 2. The normalized spacial score (nSPS) is 13.7. The van der Waals surface area contributed by atoms with Crippen LogP contribution in [0.25, 0.3) is 37.4 Å². The Kier molecular flexibility index (Phi) is 9.69. The molecule has 0 amide bonds. The van der Waals surface area contributed by atoms with Crippen LogP contribution in [0.1, 0.15) is 11.0 Å². The van der Waals surface area contributed by atoms with Crippen LogP contribution in [0.5, 0.6) is 0 Å². The summed E-state index contributed by atoms with van der Waals surface area (Å²) in [6.45, 7) is 4.57. The van der Waals surface area contributed by atoms with Gasteiger partial charge in [-0.2, -0.15) is 0 Å². The van der Waals surface area contributed by atoms with E-state index < -0.39 is 5.97 Å². The van der Waals surface area contributed by atoms with E-state index in [2.05, 4.69) is 56.8 Å². The van der Waals surface area contributed by atoms with E-state index in [1.165, 1.54) is 20.4 Å². The molecule has 1 aliphatic rings. The third-order valence-corrected chi connectivity index (χ3v) is 9.72. The predicted molar refractivity (Wildman–Crippen MR) is 162 cm³/mol. The standard InChI is InChI=1S/C32H31N3O6Se/c36-22-40-20-18-33-16-17-34(19-21-41-23-37)28(33)12-2-1-3-13-29-35(15-14-30(38)39)31-26-10-6-4-8-24(26)25-9-5-7-11-27(25)32(31)42-29/h1-13,22-23H,14-21H2/p+1. The van der Waals surface area contributed by atoms with Crippen LogP contribution in [0.2, 0.25) is 0 Å². The van der Waals surface area contributed by atoms with Crippen LogP contribution in [0.3, 0.4) is 0 Å². The van der Waals surface area contributed by atoms with Crippen LogP contribution >= 0.6 is 0 Å². The van der Waals surface area contributed by atoms with Gasteiger partial charge in [0.05, 0.1) is 0 Å². The van der Waals surface area contributed by atoms with Crippen LogP contribution in [0.4, 0.5) is 0 Å². The summed E-state index contributed by atoms with van der Waals surface area (Å²) >= 11 is -0.00348. The molecule has 0 unspecified atom stereocenters. The number of rotatable bonds is 14. The van der Waals surface area contributed by atoms with Gasteiger partial charge in [-0.3, -0.25) is 9.59 Å². The Hall–Kier alpha value is -4.40. The SMILES string of the molecule is O=COCCN1CCN(CCOC=O)C1=C/C=C/C=C/c1[se]c2c3ccccc3c3ccccc3c2[n+]1CCC(=O)O. The molecule has 10 heteroatoms. The van der Waals surface area contributed by atoms with Gasteiger partial charge in [0.15, 0.2) is 0 Å². The van der Waals surface area contributed by atoms with Gasteiger partial charge in [-0.05, 0) is 0 Å². The number of nitrogens with zero attached hydrogens (tertiary/aromatic N) is 3. The van der Waals surface area contributed by atoms with Crippen molar-refractivity contribution in [1.82, 2.24) is 9.80 Å². The summed E-state index contributed by atoms with van der Waals surface area (Å²) in [5.41, 5.74) is 1.11. The van der Waals surface area contributed by atoms with Crippen molar-refractivity contribution in [1.29, 1.82) is 0 Å². The van der Waals surface area contributed by atoms with E-state index >= 15 is 0 Å². The number of allylic oxidation sites excluding steroid dienone is 4. The summed E-state index contributed by atoms with van der Waals surface area (Å²) in [7, 11) is 0. The third-order valence-electron chi connectivity index (χ3n) is 7.24. The van der Waals surface area contributed by atoms with Crippen molar-refractivity contribution in [3.63, 3.8) is 0 Å². The van der Waals surface area contributed by atoms with Crippen LogP contribution in [0, 0.1) is 0 Å². The Bertz CT molecular complexity index is 1670. The summed E-state index contributed by atoms with van der Waals surface area (Å²) in [5, 5.41) is 14.2. The van der Waals surface area contributed by atoms with Gasteiger partial charge in [0, 0.05) is 0 Å². The predicted octanol–water partition coefficient (Wildman–Crippen LogP) is 3.34. The van der Waals surface area contributed by atoms with E-state index in [0.717, 1.165) is 34.4 Å². The van der Waals surface area contributed by atoms with Crippen LogP contribution in [-0.2, 0) is 30.4 Å². The van der Waals surface area contributed by atoms with E-state index in [9.17, 15) is 19.5 Å². The van der Waals surface area contributed by atoms with E-state index in [0.29, 0.717) is 45.8 Å². The molecule has 1 fully saturated rings. The van der Waals surface area contributed by atoms with Crippen molar-refractivity contribution in [3.8, 4) is 0 Å². The Morgan fingerprint density at radius 2 is 1.45 bits per heavy atom. The second-order valence-corrected chi connectivity index (χ2v) is 11.8. The second-order valence-electron chi connectivity index (χ2n) is 9.68. The zero-order valence-electron chi connectivity index (χ0n) is 23.1. The first-order chi connectivity index (χ1) is 20.6. The van der Waals surface area contributed by atoms with Crippen molar-refractivity contribution in [2.24, 2.45) is 0 Å². The summed E-state index contributed by atoms with van der Waals surface area (Å²) in [6, 6.07) is 16.8. The first-order valence-corrected chi connectivity index (χ1v) is 15.5. The number of aryl methyl sites for hydroxylation is 1. The van der Waals surface area contributed by atoms with E-state index in [1.54, 1.807) is 0 Å². The number of hydrogen-bond acceptors (Lipinski definition) is 7. The zero-order chi connectivity index (χ0) is 29.3. The summed E-state index contributed by atoms with van der Waals surface area (Å²) in [5.74, 6) is 0.147. The molecule has 1 saturated heterocycles. The number of carboxylic acid groups (broad SMARTS) is 1. The van der Waals surface area contributed by atoms with Gasteiger partial charge in [0.2, 0.25) is 0 Å². The third kappa shape index (κ3) is 6.40. The Balaban J connectivity index is 1.47. The maximum atomic E-state index is 11.6. The summed E-state index contributed by atoms with van der Waals surface area (Å²) in [6.07, 6.45) is 10.0. The molecule has 4 aromatic rings. The van der Waals surface area contributed by atoms with Gasteiger partial charge in [-0.25, -0.2) is 0 Å². The van der Waals surface area contributed by atoms with E-state index in [1.807, 2.05) is 36.4 Å². The zero-order valence-corrected chi connectivity index (χ0v) is 24.8. The number of hydrogen-bond donors (Lipinski definition) is 1. The number of aromatic nitrogens is 1. The molecule has 3 aromatic carbocycles. The number of carbonyl (C=O) groups is 3. The molecule has 5 rings (SSSR count). The minimum atomic E-state index is -0.821. The quantitative estimate of drug-likeness (QED) is 0.0564. The van der Waals surface area contributed by atoms with Gasteiger partial charge in [0.25, 0.3) is 0 Å². The molecule has 2 heterocycles. The molecule has 1 aromatic heterocycles. The molecule has 216 valence electrons. The topological polar surface area (TPSA) is 100 Å². The number of benzene rings is 3. The van der Waals surface area contributed by atoms with E-state index in [4.69, 9.17) is 9.47 Å². The number of ether oxygens (including phenoxy) is 2. The van der Waals surface area contributed by atoms with Gasteiger partial charge in [0.1, 0.15) is 0 Å². The monoisotopic (exact) mass is 634 g/mol. The molecule has 0 radical (unpaired) electrons.